The van der Waals surface area contributed by atoms with Gasteiger partial charge in [-0.15, -0.1) is 0 Å². The molecule has 1 fully saturated rings. The number of nitrogens with one attached hydrogen (secondary N) is 1. The molecule has 4 heteroatoms. The number of rotatable bonds is 8. The molecule has 3 nitrogen and oxygen atoms in total. The van der Waals surface area contributed by atoms with Crippen molar-refractivity contribution >= 4 is 5.69 Å². The first kappa shape index (κ1) is 16.2. The van der Waals surface area contributed by atoms with Crippen LogP contribution < -0.4 is 10.2 Å². The molecule has 2 N–H and O–H groups in total. The largest absolute Gasteiger partial charge is 0.395 e. The van der Waals surface area contributed by atoms with E-state index in [9.17, 15) is 9.50 Å². The smallest absolute Gasteiger partial charge is 0.146 e. The van der Waals surface area contributed by atoms with Crippen LogP contribution in [0.15, 0.2) is 18.2 Å². The fourth-order valence-corrected chi connectivity index (χ4v) is 2.80. The van der Waals surface area contributed by atoms with Crippen molar-refractivity contribution in [1.82, 2.24) is 5.32 Å². The van der Waals surface area contributed by atoms with E-state index in [2.05, 4.69) is 24.1 Å². The van der Waals surface area contributed by atoms with Gasteiger partial charge in [0.15, 0.2) is 0 Å². The summed E-state index contributed by atoms with van der Waals surface area (Å²) < 4.78 is 14.4. The fraction of sp³-hybridized carbons (Fsp3) is 0.647. The van der Waals surface area contributed by atoms with Crippen molar-refractivity contribution in [3.63, 3.8) is 0 Å². The molecule has 1 aromatic rings. The summed E-state index contributed by atoms with van der Waals surface area (Å²) in [4.78, 5) is 2.06. The van der Waals surface area contributed by atoms with Gasteiger partial charge in [0, 0.05) is 19.1 Å². The van der Waals surface area contributed by atoms with Gasteiger partial charge in [0.1, 0.15) is 5.82 Å². The number of nitrogens with zero attached hydrogens (tertiary/aromatic N) is 1. The SMILES string of the molecule is CC(C)CNCc1cccc(F)c1N(CCO)C1CCC1. The maximum absolute atomic E-state index is 14.4. The van der Waals surface area contributed by atoms with Crippen LogP contribution in [-0.4, -0.2) is 30.8 Å². The molecule has 1 aliphatic carbocycles. The molecule has 0 spiro atoms. The van der Waals surface area contributed by atoms with Gasteiger partial charge in [0.05, 0.1) is 12.3 Å². The minimum absolute atomic E-state index is 0.0592. The number of para-hydroxylation sites is 1. The zero-order valence-corrected chi connectivity index (χ0v) is 13.1. The van der Waals surface area contributed by atoms with Crippen LogP contribution in [0.3, 0.4) is 0 Å². The highest BCUT2D eigenvalue weighted by Gasteiger charge is 2.28. The number of hydrogen-bond donors (Lipinski definition) is 2. The summed E-state index contributed by atoms with van der Waals surface area (Å²) in [6.45, 7) is 6.46. The molecule has 0 amide bonds. The molecule has 0 heterocycles. The number of hydrogen-bond acceptors (Lipinski definition) is 3. The van der Waals surface area contributed by atoms with Crippen molar-refractivity contribution in [3.8, 4) is 0 Å². The summed E-state index contributed by atoms with van der Waals surface area (Å²) in [5, 5.41) is 12.7. The van der Waals surface area contributed by atoms with Crippen LogP contribution in [0.5, 0.6) is 0 Å². The lowest BCUT2D eigenvalue weighted by atomic mass is 9.90. The molecule has 0 saturated heterocycles. The van der Waals surface area contributed by atoms with Gasteiger partial charge in [-0.3, -0.25) is 0 Å². The Hall–Kier alpha value is -1.13. The standard InChI is InChI=1S/C17H27FN2O/c1-13(2)11-19-12-14-5-3-8-16(18)17(14)20(9-10-21)15-6-4-7-15/h3,5,8,13,15,19,21H,4,6-7,9-12H2,1-2H3. The van der Waals surface area contributed by atoms with E-state index in [-0.39, 0.29) is 12.4 Å². The highest BCUT2D eigenvalue weighted by atomic mass is 19.1. The zero-order chi connectivity index (χ0) is 15.2. The van der Waals surface area contributed by atoms with Crippen molar-refractivity contribution in [1.29, 1.82) is 0 Å². The van der Waals surface area contributed by atoms with Gasteiger partial charge in [-0.25, -0.2) is 4.39 Å². The summed E-state index contributed by atoms with van der Waals surface area (Å²) in [5.41, 5.74) is 1.66. The number of aliphatic hydroxyl groups excluding tert-OH is 1. The Morgan fingerprint density at radius 3 is 2.71 bits per heavy atom. The van der Waals surface area contributed by atoms with Gasteiger partial charge in [-0.1, -0.05) is 26.0 Å². The van der Waals surface area contributed by atoms with E-state index in [0.717, 1.165) is 24.9 Å². The van der Waals surface area contributed by atoms with Crippen LogP contribution in [0.1, 0.15) is 38.7 Å². The van der Waals surface area contributed by atoms with Crippen LogP contribution in [-0.2, 0) is 6.54 Å². The molecule has 21 heavy (non-hydrogen) atoms. The van der Waals surface area contributed by atoms with E-state index >= 15 is 0 Å². The topological polar surface area (TPSA) is 35.5 Å². The third kappa shape index (κ3) is 4.17. The summed E-state index contributed by atoms with van der Waals surface area (Å²) >= 11 is 0. The second kappa shape index (κ2) is 7.76. The van der Waals surface area contributed by atoms with Crippen molar-refractivity contribution < 1.29 is 9.50 Å². The first-order valence-corrected chi connectivity index (χ1v) is 7.99. The minimum Gasteiger partial charge on any atom is -0.395 e. The highest BCUT2D eigenvalue weighted by Crippen LogP contribution is 2.33. The minimum atomic E-state index is -0.181. The predicted octanol–water partition coefficient (Wildman–Crippen LogP) is 2.92. The average molecular weight is 294 g/mol. The number of halogens is 1. The molecule has 1 aliphatic rings. The summed E-state index contributed by atoms with van der Waals surface area (Å²) in [5.74, 6) is 0.390. The molecule has 0 atom stereocenters. The van der Waals surface area contributed by atoms with Crippen molar-refractivity contribution in [3.05, 3.63) is 29.6 Å². The Kier molecular flexibility index (Phi) is 6.00. The van der Waals surface area contributed by atoms with Crippen LogP contribution >= 0.6 is 0 Å². The van der Waals surface area contributed by atoms with Gasteiger partial charge in [-0.05, 0) is 43.4 Å². The first-order valence-electron chi connectivity index (χ1n) is 7.99. The molecule has 0 aromatic heterocycles. The van der Waals surface area contributed by atoms with Gasteiger partial charge in [0.2, 0.25) is 0 Å². The van der Waals surface area contributed by atoms with E-state index in [0.29, 0.717) is 30.7 Å². The van der Waals surface area contributed by atoms with E-state index < -0.39 is 0 Å². The van der Waals surface area contributed by atoms with E-state index in [4.69, 9.17) is 0 Å². The normalized spacial score (nSPS) is 15.3. The maximum Gasteiger partial charge on any atom is 0.146 e. The predicted molar refractivity (Wildman–Crippen MR) is 85.0 cm³/mol. The fourth-order valence-electron chi connectivity index (χ4n) is 2.80. The van der Waals surface area contributed by atoms with Crippen LogP contribution in [0.25, 0.3) is 0 Å². The molecule has 1 aromatic carbocycles. The van der Waals surface area contributed by atoms with E-state index in [1.807, 2.05) is 6.07 Å². The monoisotopic (exact) mass is 294 g/mol. The van der Waals surface area contributed by atoms with Crippen molar-refractivity contribution in [2.75, 3.05) is 24.6 Å². The molecule has 1 saturated carbocycles. The summed E-state index contributed by atoms with van der Waals surface area (Å²) in [6, 6.07) is 5.64. The molecule has 118 valence electrons. The molecule has 2 rings (SSSR count). The summed E-state index contributed by atoms with van der Waals surface area (Å²) in [6.07, 6.45) is 3.38. The Morgan fingerprint density at radius 1 is 1.38 bits per heavy atom. The second-order valence-electron chi connectivity index (χ2n) is 6.27. The lowest BCUT2D eigenvalue weighted by Crippen LogP contribution is -2.43. The second-order valence-corrected chi connectivity index (χ2v) is 6.27. The van der Waals surface area contributed by atoms with Crippen LogP contribution in [0.2, 0.25) is 0 Å². The van der Waals surface area contributed by atoms with Gasteiger partial charge >= 0.3 is 0 Å². The lowest BCUT2D eigenvalue weighted by molar-refractivity contribution is 0.282. The van der Waals surface area contributed by atoms with Crippen LogP contribution in [0.4, 0.5) is 10.1 Å². The molecule has 0 aliphatic heterocycles. The van der Waals surface area contributed by atoms with Crippen molar-refractivity contribution in [2.45, 2.75) is 45.7 Å². The highest BCUT2D eigenvalue weighted by molar-refractivity contribution is 5.56. The van der Waals surface area contributed by atoms with Gasteiger partial charge < -0.3 is 15.3 Å². The molecule has 0 unspecified atom stereocenters. The Morgan fingerprint density at radius 2 is 2.14 bits per heavy atom. The van der Waals surface area contributed by atoms with Crippen molar-refractivity contribution in [2.24, 2.45) is 5.92 Å². The summed E-state index contributed by atoms with van der Waals surface area (Å²) in [7, 11) is 0. The molecular formula is C17H27FN2O. The van der Waals surface area contributed by atoms with Gasteiger partial charge in [0.25, 0.3) is 0 Å². The number of aliphatic hydroxyl groups is 1. The quantitative estimate of drug-likeness (QED) is 0.774. The first-order chi connectivity index (χ1) is 10.1. The zero-order valence-electron chi connectivity index (χ0n) is 13.1. The Labute approximate surface area is 127 Å². The Bertz CT molecular complexity index is 446. The third-order valence-corrected chi connectivity index (χ3v) is 4.08. The maximum atomic E-state index is 14.4. The number of anilines is 1. The molecule has 0 radical (unpaired) electrons. The third-order valence-electron chi connectivity index (χ3n) is 4.08. The lowest BCUT2D eigenvalue weighted by Gasteiger charge is -2.40. The van der Waals surface area contributed by atoms with Crippen LogP contribution in [0, 0.1) is 11.7 Å². The molecular weight excluding hydrogens is 267 g/mol. The molecule has 0 bridgehead atoms. The Balaban J connectivity index is 2.18. The van der Waals surface area contributed by atoms with E-state index in [1.54, 1.807) is 6.07 Å². The number of benzene rings is 1. The van der Waals surface area contributed by atoms with Gasteiger partial charge in [-0.2, -0.15) is 0 Å². The van der Waals surface area contributed by atoms with E-state index in [1.165, 1.54) is 12.5 Å². The average Bonchev–Trinajstić information content (AvgIpc) is 2.36.